The minimum atomic E-state index is -0.341. The third-order valence-electron chi connectivity index (χ3n) is 3.81. The summed E-state index contributed by atoms with van der Waals surface area (Å²) in [7, 11) is 0. The van der Waals surface area contributed by atoms with Crippen LogP contribution in [0, 0.1) is 0 Å². The molecule has 1 aliphatic rings. The van der Waals surface area contributed by atoms with Gasteiger partial charge in [0.05, 0.1) is 0 Å². The fourth-order valence-electron chi connectivity index (χ4n) is 2.92. The fraction of sp³-hybridized carbons (Fsp3) is 0.222. The Bertz CT molecular complexity index is 810. The van der Waals surface area contributed by atoms with Gasteiger partial charge >= 0.3 is 0 Å². The molecule has 0 amide bonds. The normalized spacial score (nSPS) is 17.3. The summed E-state index contributed by atoms with van der Waals surface area (Å²) < 4.78 is 17.6. The highest BCUT2D eigenvalue weighted by Crippen LogP contribution is 2.45. The van der Waals surface area contributed by atoms with Crippen LogP contribution in [0.25, 0.3) is 21.5 Å². The van der Waals surface area contributed by atoms with E-state index in [2.05, 4.69) is 24.3 Å². The Labute approximate surface area is 123 Å². The summed E-state index contributed by atoms with van der Waals surface area (Å²) >= 11 is 0. The lowest BCUT2D eigenvalue weighted by Gasteiger charge is -2.28. The molecule has 3 nitrogen and oxygen atoms in total. The van der Waals surface area contributed by atoms with Gasteiger partial charge in [-0.25, -0.2) is 0 Å². The number of hydrogen-bond donors (Lipinski definition) is 0. The highest BCUT2D eigenvalue weighted by Gasteiger charge is 2.25. The average Bonchev–Trinajstić information content (AvgIpc) is 2.55. The van der Waals surface area contributed by atoms with Gasteiger partial charge in [-0.2, -0.15) is 0 Å². The van der Waals surface area contributed by atoms with Gasteiger partial charge in [-0.05, 0) is 17.7 Å². The number of hydrogen-bond acceptors (Lipinski definition) is 3. The second-order valence-corrected chi connectivity index (χ2v) is 5.06. The van der Waals surface area contributed by atoms with Gasteiger partial charge in [-0.3, -0.25) is 0 Å². The van der Waals surface area contributed by atoms with Gasteiger partial charge in [-0.1, -0.05) is 48.5 Å². The molecular formula is C18H16O3. The summed E-state index contributed by atoms with van der Waals surface area (Å²) in [5.74, 6) is 1.61. The van der Waals surface area contributed by atoms with Crippen LogP contribution in [-0.4, -0.2) is 19.5 Å². The molecule has 0 radical (unpaired) electrons. The van der Waals surface area contributed by atoms with Crippen LogP contribution in [0.4, 0.5) is 0 Å². The SMILES string of the molecule is CCOC1COc2c(c3ccccc3c3ccccc23)O1. The minimum absolute atomic E-state index is 0.341. The maximum absolute atomic E-state index is 6.05. The quantitative estimate of drug-likeness (QED) is 0.661. The van der Waals surface area contributed by atoms with E-state index >= 15 is 0 Å². The molecule has 4 rings (SSSR count). The van der Waals surface area contributed by atoms with E-state index in [-0.39, 0.29) is 6.29 Å². The van der Waals surface area contributed by atoms with Gasteiger partial charge in [-0.15, -0.1) is 0 Å². The summed E-state index contributed by atoms with van der Waals surface area (Å²) in [6.07, 6.45) is -0.341. The van der Waals surface area contributed by atoms with Gasteiger partial charge in [0.25, 0.3) is 0 Å². The molecule has 1 unspecified atom stereocenters. The van der Waals surface area contributed by atoms with Crippen LogP contribution in [0.5, 0.6) is 11.5 Å². The molecule has 0 saturated carbocycles. The van der Waals surface area contributed by atoms with E-state index in [0.717, 1.165) is 22.3 Å². The molecule has 1 heterocycles. The van der Waals surface area contributed by atoms with E-state index in [1.165, 1.54) is 10.8 Å². The summed E-state index contributed by atoms with van der Waals surface area (Å²) in [6, 6.07) is 16.5. The first kappa shape index (κ1) is 12.5. The largest absolute Gasteiger partial charge is 0.482 e. The molecule has 106 valence electrons. The van der Waals surface area contributed by atoms with E-state index < -0.39 is 0 Å². The van der Waals surface area contributed by atoms with Gasteiger partial charge in [0.1, 0.15) is 0 Å². The Morgan fingerprint density at radius 1 is 0.905 bits per heavy atom. The van der Waals surface area contributed by atoms with Gasteiger partial charge in [0.15, 0.2) is 18.1 Å². The van der Waals surface area contributed by atoms with Crippen LogP contribution in [-0.2, 0) is 4.74 Å². The van der Waals surface area contributed by atoms with E-state index in [0.29, 0.717) is 13.2 Å². The average molecular weight is 280 g/mol. The van der Waals surface area contributed by atoms with Crippen LogP contribution in [0.1, 0.15) is 6.92 Å². The molecule has 1 aliphatic heterocycles. The molecule has 0 saturated heterocycles. The third-order valence-corrected chi connectivity index (χ3v) is 3.81. The standard InChI is InChI=1S/C18H16O3/c1-2-19-16-11-20-17-14-9-5-3-7-12(14)13-8-4-6-10-15(13)18(17)21-16/h3-10,16H,2,11H2,1H3. The molecule has 1 atom stereocenters. The Kier molecular flexibility index (Phi) is 2.93. The topological polar surface area (TPSA) is 27.7 Å². The molecule has 0 aliphatic carbocycles. The van der Waals surface area contributed by atoms with Crippen molar-refractivity contribution in [3.8, 4) is 11.5 Å². The lowest BCUT2D eigenvalue weighted by Crippen LogP contribution is -2.31. The van der Waals surface area contributed by atoms with Crippen molar-refractivity contribution < 1.29 is 14.2 Å². The zero-order valence-corrected chi connectivity index (χ0v) is 11.8. The number of benzene rings is 3. The number of fused-ring (bicyclic) bond motifs is 6. The Morgan fingerprint density at radius 2 is 1.48 bits per heavy atom. The van der Waals surface area contributed by atoms with Crippen molar-refractivity contribution in [1.82, 2.24) is 0 Å². The third kappa shape index (κ3) is 1.93. The highest BCUT2D eigenvalue weighted by molar-refractivity contribution is 6.13. The summed E-state index contributed by atoms with van der Waals surface area (Å²) in [5, 5.41) is 4.51. The molecule has 3 heteroatoms. The first-order valence-corrected chi connectivity index (χ1v) is 7.23. The molecule has 0 N–H and O–H groups in total. The molecular weight excluding hydrogens is 264 g/mol. The lowest BCUT2D eigenvalue weighted by atomic mass is 9.99. The Morgan fingerprint density at radius 3 is 2.10 bits per heavy atom. The van der Waals surface area contributed by atoms with Gasteiger partial charge in [0.2, 0.25) is 6.29 Å². The number of ether oxygens (including phenoxy) is 3. The van der Waals surface area contributed by atoms with Crippen LogP contribution in [0.2, 0.25) is 0 Å². The van der Waals surface area contributed by atoms with Crippen molar-refractivity contribution in [2.45, 2.75) is 13.2 Å². The van der Waals surface area contributed by atoms with Crippen LogP contribution < -0.4 is 9.47 Å². The monoisotopic (exact) mass is 280 g/mol. The van der Waals surface area contributed by atoms with E-state index in [1.54, 1.807) is 0 Å². The summed E-state index contributed by atoms with van der Waals surface area (Å²) in [5.41, 5.74) is 0. The summed E-state index contributed by atoms with van der Waals surface area (Å²) in [4.78, 5) is 0. The molecule has 0 fully saturated rings. The van der Waals surface area contributed by atoms with Crippen molar-refractivity contribution in [1.29, 1.82) is 0 Å². The fourth-order valence-corrected chi connectivity index (χ4v) is 2.92. The van der Waals surface area contributed by atoms with Gasteiger partial charge < -0.3 is 14.2 Å². The second kappa shape index (κ2) is 4.93. The van der Waals surface area contributed by atoms with Crippen molar-refractivity contribution in [3.63, 3.8) is 0 Å². The second-order valence-electron chi connectivity index (χ2n) is 5.06. The van der Waals surface area contributed by atoms with Crippen molar-refractivity contribution >= 4 is 21.5 Å². The summed E-state index contributed by atoms with van der Waals surface area (Å²) in [6.45, 7) is 2.98. The molecule has 21 heavy (non-hydrogen) atoms. The minimum Gasteiger partial charge on any atom is -0.482 e. The van der Waals surface area contributed by atoms with Crippen molar-refractivity contribution in [3.05, 3.63) is 48.5 Å². The predicted octanol–water partition coefficient (Wildman–Crippen LogP) is 4.13. The lowest BCUT2D eigenvalue weighted by molar-refractivity contribution is -0.110. The molecule has 0 aromatic heterocycles. The molecule has 0 spiro atoms. The van der Waals surface area contributed by atoms with Crippen molar-refractivity contribution in [2.75, 3.05) is 13.2 Å². The number of rotatable bonds is 2. The maximum atomic E-state index is 6.05. The smallest absolute Gasteiger partial charge is 0.234 e. The first-order valence-electron chi connectivity index (χ1n) is 7.23. The van der Waals surface area contributed by atoms with Crippen LogP contribution >= 0.6 is 0 Å². The first-order chi connectivity index (χ1) is 10.4. The highest BCUT2D eigenvalue weighted by atomic mass is 16.7. The zero-order chi connectivity index (χ0) is 14.2. The van der Waals surface area contributed by atoms with Crippen LogP contribution in [0.15, 0.2) is 48.5 Å². The molecule has 0 bridgehead atoms. The zero-order valence-electron chi connectivity index (χ0n) is 11.8. The maximum Gasteiger partial charge on any atom is 0.234 e. The van der Waals surface area contributed by atoms with Gasteiger partial charge in [0, 0.05) is 17.4 Å². The van der Waals surface area contributed by atoms with E-state index in [4.69, 9.17) is 14.2 Å². The van der Waals surface area contributed by atoms with E-state index in [9.17, 15) is 0 Å². The molecule has 3 aromatic rings. The van der Waals surface area contributed by atoms with Crippen molar-refractivity contribution in [2.24, 2.45) is 0 Å². The Hall–Kier alpha value is -2.26. The molecule has 3 aromatic carbocycles. The Balaban J connectivity index is 2.03. The van der Waals surface area contributed by atoms with E-state index in [1.807, 2.05) is 31.2 Å². The predicted molar refractivity (Wildman–Crippen MR) is 83.0 cm³/mol. The van der Waals surface area contributed by atoms with Crippen LogP contribution in [0.3, 0.4) is 0 Å².